The Balaban J connectivity index is 1.47. The van der Waals surface area contributed by atoms with Gasteiger partial charge < -0.3 is 20.0 Å². The predicted molar refractivity (Wildman–Crippen MR) is 128 cm³/mol. The van der Waals surface area contributed by atoms with Crippen LogP contribution in [0.25, 0.3) is 0 Å². The van der Waals surface area contributed by atoms with Crippen molar-refractivity contribution in [1.29, 1.82) is 0 Å². The molecule has 2 aromatic heterocycles. The Bertz CT molecular complexity index is 1090. The van der Waals surface area contributed by atoms with Gasteiger partial charge in [0.1, 0.15) is 11.4 Å². The molecule has 174 valence electrons. The van der Waals surface area contributed by atoms with Crippen molar-refractivity contribution in [2.75, 3.05) is 36.0 Å². The molecule has 4 rings (SSSR count). The van der Waals surface area contributed by atoms with E-state index in [0.29, 0.717) is 5.69 Å². The minimum Gasteiger partial charge on any atom is -0.393 e. The highest BCUT2D eigenvalue weighted by Gasteiger charge is 2.29. The highest BCUT2D eigenvalue weighted by Crippen LogP contribution is 2.27. The third kappa shape index (κ3) is 4.82. The molecule has 3 heterocycles. The molecular formula is C25H32N6O2. The van der Waals surface area contributed by atoms with E-state index >= 15 is 0 Å². The SMILES string of the molecule is Cc1c(Cc2ccccc2)nnc(N2CCN(c3cnc(C(C)(O)CO)cn3)C(C)C2)c1C. The van der Waals surface area contributed by atoms with Crippen LogP contribution < -0.4 is 9.80 Å². The average Bonchev–Trinajstić information content (AvgIpc) is 2.83. The van der Waals surface area contributed by atoms with E-state index in [4.69, 9.17) is 0 Å². The molecule has 2 N–H and O–H groups in total. The van der Waals surface area contributed by atoms with Crippen LogP contribution in [0.3, 0.4) is 0 Å². The van der Waals surface area contributed by atoms with E-state index in [1.165, 1.54) is 29.8 Å². The second-order valence-electron chi connectivity index (χ2n) is 9.06. The van der Waals surface area contributed by atoms with Crippen LogP contribution in [0.2, 0.25) is 0 Å². The van der Waals surface area contributed by atoms with Gasteiger partial charge in [-0.05, 0) is 44.4 Å². The lowest BCUT2D eigenvalue weighted by atomic mass is 10.0. The lowest BCUT2D eigenvalue weighted by molar-refractivity contribution is -0.00614. The highest BCUT2D eigenvalue weighted by atomic mass is 16.3. The zero-order chi connectivity index (χ0) is 23.6. The summed E-state index contributed by atoms with van der Waals surface area (Å²) in [6, 6.07) is 10.6. The van der Waals surface area contributed by atoms with Crippen molar-refractivity contribution in [3.05, 3.63) is 70.8 Å². The molecule has 8 nitrogen and oxygen atoms in total. The predicted octanol–water partition coefficient (Wildman–Crippen LogP) is 2.39. The first kappa shape index (κ1) is 23.1. The molecule has 1 aromatic carbocycles. The Kier molecular flexibility index (Phi) is 6.58. The second kappa shape index (κ2) is 9.41. The zero-order valence-corrected chi connectivity index (χ0v) is 19.7. The van der Waals surface area contributed by atoms with Crippen molar-refractivity contribution >= 4 is 11.6 Å². The summed E-state index contributed by atoms with van der Waals surface area (Å²) in [6.07, 6.45) is 3.98. The number of anilines is 2. The van der Waals surface area contributed by atoms with Gasteiger partial charge >= 0.3 is 0 Å². The third-order valence-electron chi connectivity index (χ3n) is 6.53. The summed E-state index contributed by atoms with van der Waals surface area (Å²) in [7, 11) is 0. The van der Waals surface area contributed by atoms with Gasteiger partial charge in [-0.2, -0.15) is 5.10 Å². The molecule has 0 amide bonds. The molecule has 1 fully saturated rings. The van der Waals surface area contributed by atoms with E-state index in [9.17, 15) is 10.2 Å². The molecule has 0 bridgehead atoms. The average molecular weight is 449 g/mol. The number of nitrogens with zero attached hydrogens (tertiary/aromatic N) is 6. The van der Waals surface area contributed by atoms with Gasteiger partial charge in [-0.25, -0.2) is 4.98 Å². The number of aliphatic hydroxyl groups excluding tert-OH is 1. The van der Waals surface area contributed by atoms with Crippen LogP contribution in [0.5, 0.6) is 0 Å². The number of benzene rings is 1. The first-order valence-electron chi connectivity index (χ1n) is 11.3. The normalized spacial score (nSPS) is 18.3. The summed E-state index contributed by atoms with van der Waals surface area (Å²) in [4.78, 5) is 13.3. The van der Waals surface area contributed by atoms with Crippen molar-refractivity contribution in [2.45, 2.75) is 45.8 Å². The third-order valence-corrected chi connectivity index (χ3v) is 6.53. The van der Waals surface area contributed by atoms with Crippen LogP contribution in [0, 0.1) is 13.8 Å². The first-order valence-corrected chi connectivity index (χ1v) is 11.3. The molecule has 8 heteroatoms. The molecule has 0 spiro atoms. The molecule has 2 unspecified atom stereocenters. The van der Waals surface area contributed by atoms with Gasteiger partial charge in [0, 0.05) is 32.1 Å². The number of aromatic nitrogens is 4. The Morgan fingerprint density at radius 1 is 1.03 bits per heavy atom. The fourth-order valence-electron chi connectivity index (χ4n) is 4.22. The summed E-state index contributed by atoms with van der Waals surface area (Å²) >= 11 is 0. The maximum absolute atomic E-state index is 10.2. The van der Waals surface area contributed by atoms with Crippen LogP contribution in [0.1, 0.15) is 41.9 Å². The molecule has 1 aliphatic heterocycles. The molecule has 0 radical (unpaired) electrons. The Labute approximate surface area is 195 Å². The molecule has 33 heavy (non-hydrogen) atoms. The number of hydrogen-bond donors (Lipinski definition) is 2. The Morgan fingerprint density at radius 2 is 1.79 bits per heavy atom. The Hall–Kier alpha value is -3.10. The summed E-state index contributed by atoms with van der Waals surface area (Å²) in [5, 5.41) is 28.7. The summed E-state index contributed by atoms with van der Waals surface area (Å²) in [5.74, 6) is 1.70. The van der Waals surface area contributed by atoms with Crippen LogP contribution in [-0.2, 0) is 12.0 Å². The quantitative estimate of drug-likeness (QED) is 0.593. The number of hydrogen-bond acceptors (Lipinski definition) is 8. The van der Waals surface area contributed by atoms with Crippen molar-refractivity contribution in [3.8, 4) is 0 Å². The summed E-state index contributed by atoms with van der Waals surface area (Å²) in [5.41, 5.74) is 3.58. The molecule has 0 aliphatic carbocycles. The maximum Gasteiger partial charge on any atom is 0.154 e. The van der Waals surface area contributed by atoms with Crippen LogP contribution in [0.15, 0.2) is 42.7 Å². The van der Waals surface area contributed by atoms with Crippen molar-refractivity contribution in [2.24, 2.45) is 0 Å². The van der Waals surface area contributed by atoms with E-state index in [0.717, 1.165) is 43.4 Å². The van der Waals surface area contributed by atoms with E-state index in [2.05, 4.69) is 62.9 Å². The molecular weight excluding hydrogens is 416 g/mol. The van der Waals surface area contributed by atoms with Gasteiger partial charge in [-0.3, -0.25) is 4.98 Å². The monoisotopic (exact) mass is 448 g/mol. The van der Waals surface area contributed by atoms with Gasteiger partial charge in [0.2, 0.25) is 0 Å². The van der Waals surface area contributed by atoms with E-state index in [-0.39, 0.29) is 6.04 Å². The van der Waals surface area contributed by atoms with E-state index < -0.39 is 12.2 Å². The van der Waals surface area contributed by atoms with Crippen molar-refractivity contribution in [3.63, 3.8) is 0 Å². The maximum atomic E-state index is 10.2. The van der Waals surface area contributed by atoms with Gasteiger partial charge in [0.05, 0.1) is 30.4 Å². The molecule has 1 saturated heterocycles. The molecule has 3 aromatic rings. The smallest absolute Gasteiger partial charge is 0.154 e. The number of rotatable bonds is 6. The van der Waals surface area contributed by atoms with E-state index in [1.807, 2.05) is 18.2 Å². The lowest BCUT2D eigenvalue weighted by Gasteiger charge is -2.41. The first-order chi connectivity index (χ1) is 15.8. The van der Waals surface area contributed by atoms with E-state index in [1.54, 1.807) is 6.20 Å². The van der Waals surface area contributed by atoms with Gasteiger partial charge in [-0.1, -0.05) is 30.3 Å². The Morgan fingerprint density at radius 3 is 2.42 bits per heavy atom. The second-order valence-corrected chi connectivity index (χ2v) is 9.06. The zero-order valence-electron chi connectivity index (χ0n) is 19.7. The lowest BCUT2D eigenvalue weighted by Crippen LogP contribution is -2.53. The van der Waals surface area contributed by atoms with Gasteiger partial charge in [-0.15, -0.1) is 5.10 Å². The fourth-order valence-corrected chi connectivity index (χ4v) is 4.22. The number of piperazine rings is 1. The summed E-state index contributed by atoms with van der Waals surface area (Å²) < 4.78 is 0. The van der Waals surface area contributed by atoms with Gasteiger partial charge in [0.15, 0.2) is 5.82 Å². The largest absolute Gasteiger partial charge is 0.393 e. The van der Waals surface area contributed by atoms with Crippen LogP contribution >= 0.6 is 0 Å². The fraction of sp³-hybridized carbons (Fsp3) is 0.440. The topological polar surface area (TPSA) is 98.5 Å². The molecule has 0 saturated carbocycles. The highest BCUT2D eigenvalue weighted by molar-refractivity contribution is 5.53. The minimum atomic E-state index is -1.39. The standard InChI is InChI=1S/C25H32N6O2/c1-17-15-30(10-11-31(17)23-14-26-22(13-27-23)25(4,33)16-32)24-19(3)18(2)21(28-29-24)12-20-8-6-5-7-9-20/h5-9,13-14,17,32-33H,10-12,15-16H2,1-4H3. The minimum absolute atomic E-state index is 0.197. The van der Waals surface area contributed by atoms with Gasteiger partial charge in [0.25, 0.3) is 0 Å². The molecule has 1 aliphatic rings. The van der Waals surface area contributed by atoms with Crippen LogP contribution in [-0.4, -0.2) is 62.7 Å². The van der Waals surface area contributed by atoms with Crippen LogP contribution in [0.4, 0.5) is 11.6 Å². The number of aliphatic hydroxyl groups is 2. The van der Waals surface area contributed by atoms with Crippen molar-refractivity contribution in [1.82, 2.24) is 20.2 Å². The van der Waals surface area contributed by atoms with Crippen molar-refractivity contribution < 1.29 is 10.2 Å². The summed E-state index contributed by atoms with van der Waals surface area (Å²) in [6.45, 7) is 9.91. The molecule has 2 atom stereocenters.